The van der Waals surface area contributed by atoms with Crippen molar-refractivity contribution in [1.82, 2.24) is 10.6 Å². The topological polar surface area (TPSA) is 92.3 Å². The van der Waals surface area contributed by atoms with Crippen LogP contribution in [0.2, 0.25) is 0 Å². The van der Waals surface area contributed by atoms with Crippen LogP contribution in [0, 0.1) is 5.92 Å². The Labute approximate surface area is 130 Å². The number of rotatable bonds is 2. The van der Waals surface area contributed by atoms with E-state index in [1.165, 1.54) is 0 Å². The number of hydrogen-bond donors (Lipinski definition) is 2. The molecule has 3 rings (SSSR count). The van der Waals surface area contributed by atoms with E-state index in [4.69, 9.17) is 0 Å². The third kappa shape index (κ3) is 2.02. The molecular formula is C14H6F4N2O4. The Morgan fingerprint density at radius 1 is 0.875 bits per heavy atom. The summed E-state index contributed by atoms with van der Waals surface area (Å²) in [5.74, 6) is -12.9. The number of amides is 4. The summed E-state index contributed by atoms with van der Waals surface area (Å²) >= 11 is 0. The van der Waals surface area contributed by atoms with Crippen LogP contribution in [0.15, 0.2) is 46.9 Å². The van der Waals surface area contributed by atoms with E-state index in [1.807, 2.05) is 0 Å². The lowest BCUT2D eigenvalue weighted by molar-refractivity contribution is -0.126. The van der Waals surface area contributed by atoms with E-state index < -0.39 is 63.8 Å². The van der Waals surface area contributed by atoms with Gasteiger partial charge in [0, 0.05) is 23.8 Å². The summed E-state index contributed by atoms with van der Waals surface area (Å²) in [7, 11) is 0. The van der Waals surface area contributed by atoms with Crippen molar-refractivity contribution in [2.75, 3.05) is 0 Å². The molecule has 2 heterocycles. The molecule has 10 heteroatoms. The number of halogens is 4. The zero-order valence-electron chi connectivity index (χ0n) is 11.5. The third-order valence-electron chi connectivity index (χ3n) is 3.73. The number of hydrogen-bond acceptors (Lipinski definition) is 4. The minimum atomic E-state index is -3.66. The van der Waals surface area contributed by atoms with Crippen molar-refractivity contribution in [3.8, 4) is 0 Å². The fourth-order valence-electron chi connectivity index (χ4n) is 2.69. The van der Waals surface area contributed by atoms with Gasteiger partial charge in [-0.25, -0.2) is 17.6 Å². The minimum Gasteiger partial charge on any atom is -0.289 e. The van der Waals surface area contributed by atoms with Crippen molar-refractivity contribution in [2.45, 2.75) is 5.67 Å². The highest BCUT2D eigenvalue weighted by Gasteiger charge is 2.58. The smallest absolute Gasteiger partial charge is 0.257 e. The Bertz CT molecular complexity index is 855. The van der Waals surface area contributed by atoms with E-state index in [1.54, 1.807) is 10.6 Å². The van der Waals surface area contributed by atoms with Gasteiger partial charge < -0.3 is 0 Å². The van der Waals surface area contributed by atoms with Crippen LogP contribution in [0.25, 0.3) is 0 Å². The zero-order valence-corrected chi connectivity index (χ0v) is 11.5. The van der Waals surface area contributed by atoms with Gasteiger partial charge in [-0.1, -0.05) is 0 Å². The predicted octanol–water partition coefficient (Wildman–Crippen LogP) is 0.494. The largest absolute Gasteiger partial charge is 0.289 e. The van der Waals surface area contributed by atoms with Crippen LogP contribution < -0.4 is 10.6 Å². The van der Waals surface area contributed by atoms with Gasteiger partial charge in [-0.2, -0.15) is 0 Å². The van der Waals surface area contributed by atoms with E-state index in [9.17, 15) is 32.3 Å². The number of nitrogens with one attached hydrogen (secondary N) is 2. The average molecular weight is 342 g/mol. The number of alkyl halides is 1. The van der Waals surface area contributed by atoms with Gasteiger partial charge in [0.25, 0.3) is 23.6 Å². The van der Waals surface area contributed by atoms with Gasteiger partial charge in [0.1, 0.15) is 11.7 Å². The van der Waals surface area contributed by atoms with Crippen LogP contribution in [0.1, 0.15) is 0 Å². The first kappa shape index (κ1) is 15.8. The van der Waals surface area contributed by atoms with E-state index in [-0.39, 0.29) is 6.08 Å². The van der Waals surface area contributed by atoms with Crippen LogP contribution in [0.5, 0.6) is 0 Å². The fraction of sp³-hybridized carbons (Fsp3) is 0.143. The summed E-state index contributed by atoms with van der Waals surface area (Å²) in [6.45, 7) is 0. The predicted molar refractivity (Wildman–Crippen MR) is 68.2 cm³/mol. The number of allylic oxidation sites excluding steroid dienone is 4. The monoisotopic (exact) mass is 342 g/mol. The second-order valence-corrected chi connectivity index (χ2v) is 5.13. The lowest BCUT2D eigenvalue weighted by atomic mass is 9.73. The van der Waals surface area contributed by atoms with Crippen LogP contribution in [0.4, 0.5) is 17.6 Å². The second-order valence-electron chi connectivity index (χ2n) is 5.13. The molecule has 0 saturated carbocycles. The third-order valence-corrected chi connectivity index (χ3v) is 3.73. The lowest BCUT2D eigenvalue weighted by Gasteiger charge is -2.34. The van der Waals surface area contributed by atoms with Crippen molar-refractivity contribution < 1.29 is 36.7 Å². The van der Waals surface area contributed by atoms with Crippen LogP contribution in [0.3, 0.4) is 0 Å². The van der Waals surface area contributed by atoms with Crippen molar-refractivity contribution in [3.05, 3.63) is 46.9 Å². The molecule has 2 atom stereocenters. The van der Waals surface area contributed by atoms with Crippen molar-refractivity contribution in [1.29, 1.82) is 0 Å². The van der Waals surface area contributed by atoms with Gasteiger partial charge in [-0.3, -0.25) is 29.8 Å². The molecule has 0 radical (unpaired) electrons. The molecule has 6 nitrogen and oxygen atoms in total. The number of carbonyl (C=O) groups is 4. The zero-order chi connectivity index (χ0) is 17.8. The molecule has 3 aliphatic rings. The van der Waals surface area contributed by atoms with Gasteiger partial charge in [0.15, 0.2) is 5.83 Å². The van der Waals surface area contributed by atoms with Gasteiger partial charge >= 0.3 is 0 Å². The lowest BCUT2D eigenvalue weighted by Crippen LogP contribution is -2.44. The molecule has 0 aromatic rings. The first-order valence-corrected chi connectivity index (χ1v) is 6.42. The van der Waals surface area contributed by atoms with E-state index in [0.29, 0.717) is 12.2 Å². The Morgan fingerprint density at radius 3 is 1.96 bits per heavy atom. The summed E-state index contributed by atoms with van der Waals surface area (Å²) in [6, 6.07) is 0. The maximum atomic E-state index is 15.4. The highest BCUT2D eigenvalue weighted by molar-refractivity contribution is 6.19. The number of imide groups is 2. The van der Waals surface area contributed by atoms with Crippen LogP contribution >= 0.6 is 0 Å². The minimum absolute atomic E-state index is 0.127. The number of carbonyl (C=O) groups excluding carboxylic acids is 4. The standard InChI is InChI=1S/C14H6F4N2O4/c15-6-3-7(16)14(18,5-2-9(22)20-13(5)24)10(11(6)17)4-1-8(21)19-12(4)23/h1-3,10H,(H,19,21,23)(H,20,22,24). The van der Waals surface area contributed by atoms with Gasteiger partial charge in [-0.15, -0.1) is 0 Å². The molecule has 4 amide bonds. The molecule has 1 aliphatic carbocycles. The second kappa shape index (κ2) is 4.98. The normalized spacial score (nSPS) is 30.2. The average Bonchev–Trinajstić information content (AvgIpc) is 2.99. The Morgan fingerprint density at radius 2 is 1.46 bits per heavy atom. The van der Waals surface area contributed by atoms with Crippen molar-refractivity contribution in [2.24, 2.45) is 5.92 Å². The molecule has 0 aromatic carbocycles. The van der Waals surface area contributed by atoms with E-state index >= 15 is 4.39 Å². The van der Waals surface area contributed by atoms with Gasteiger partial charge in [0.05, 0.1) is 11.5 Å². The van der Waals surface area contributed by atoms with Crippen molar-refractivity contribution >= 4 is 23.6 Å². The molecule has 0 fully saturated rings. The molecule has 124 valence electrons. The molecular weight excluding hydrogens is 336 g/mol. The quantitative estimate of drug-likeness (QED) is 0.564. The molecule has 2 aliphatic heterocycles. The molecule has 0 aromatic heterocycles. The molecule has 0 spiro atoms. The Kier molecular flexibility index (Phi) is 3.29. The summed E-state index contributed by atoms with van der Waals surface area (Å²) in [5, 5.41) is 3.33. The molecule has 24 heavy (non-hydrogen) atoms. The Hall–Kier alpha value is -3.04. The fourth-order valence-corrected chi connectivity index (χ4v) is 2.69. The van der Waals surface area contributed by atoms with Gasteiger partial charge in [-0.05, 0) is 0 Å². The SMILES string of the molecule is O=C1C=C(C2C(F)=C(F)C=C(F)C2(F)C2=CC(=O)NC2=O)C(=O)N1. The molecule has 0 saturated heterocycles. The Balaban J connectivity index is 2.24. The van der Waals surface area contributed by atoms with Crippen LogP contribution in [-0.4, -0.2) is 29.3 Å². The summed E-state index contributed by atoms with van der Waals surface area (Å²) in [6.07, 6.45) is 0.731. The summed E-state index contributed by atoms with van der Waals surface area (Å²) < 4.78 is 57.4. The van der Waals surface area contributed by atoms with E-state index in [2.05, 4.69) is 0 Å². The highest BCUT2D eigenvalue weighted by Crippen LogP contribution is 2.51. The first-order valence-electron chi connectivity index (χ1n) is 6.42. The summed E-state index contributed by atoms with van der Waals surface area (Å²) in [4.78, 5) is 45.8. The first-order chi connectivity index (χ1) is 11.2. The van der Waals surface area contributed by atoms with Gasteiger partial charge in [0.2, 0.25) is 5.67 Å². The van der Waals surface area contributed by atoms with Crippen LogP contribution in [-0.2, 0) is 19.2 Å². The molecule has 0 bridgehead atoms. The van der Waals surface area contributed by atoms with Crippen molar-refractivity contribution in [3.63, 3.8) is 0 Å². The maximum absolute atomic E-state index is 15.4. The highest BCUT2D eigenvalue weighted by atomic mass is 19.2. The summed E-state index contributed by atoms with van der Waals surface area (Å²) in [5.41, 5.74) is -5.71. The van der Waals surface area contributed by atoms with E-state index in [0.717, 1.165) is 0 Å². The molecule has 2 N–H and O–H groups in total. The molecule has 2 unspecified atom stereocenters. The maximum Gasteiger partial charge on any atom is 0.257 e.